The molecule has 0 aliphatic rings. The Morgan fingerprint density at radius 3 is 2.00 bits per heavy atom. The molecule has 0 N–H and O–H groups in total. The van der Waals surface area contributed by atoms with Crippen LogP contribution in [0.4, 0.5) is 0 Å². The standard InChI is InChI=1S/C22H42S/c1-11-18(6)14-20(23)12-13-22(10,17(4)5)19(7)15-21(8,9)16(2)3/h16,18-19H,4,11-15H2,1-3,5-10H3. The smallest absolute Gasteiger partial charge is 0.00685 e. The molecule has 136 valence electrons. The van der Waals surface area contributed by atoms with Crippen LogP contribution >= 0.6 is 12.2 Å². The van der Waals surface area contributed by atoms with Gasteiger partial charge in [0.15, 0.2) is 0 Å². The van der Waals surface area contributed by atoms with Crippen LogP contribution in [0, 0.1) is 28.6 Å². The lowest BCUT2D eigenvalue weighted by molar-refractivity contribution is 0.125. The number of allylic oxidation sites excluding steroid dienone is 1. The van der Waals surface area contributed by atoms with E-state index in [2.05, 4.69) is 68.9 Å². The Kier molecular flexibility index (Phi) is 9.28. The van der Waals surface area contributed by atoms with Crippen molar-refractivity contribution >= 4 is 17.1 Å². The molecule has 0 saturated carbocycles. The van der Waals surface area contributed by atoms with Crippen molar-refractivity contribution in [3.63, 3.8) is 0 Å². The molecule has 0 amide bonds. The van der Waals surface area contributed by atoms with Crippen LogP contribution in [0.15, 0.2) is 12.2 Å². The first-order valence-electron chi connectivity index (χ1n) is 9.54. The minimum atomic E-state index is 0.186. The van der Waals surface area contributed by atoms with Crippen LogP contribution in [0.25, 0.3) is 0 Å². The third-order valence-electron chi connectivity index (χ3n) is 6.65. The second kappa shape index (κ2) is 9.35. The molecule has 0 saturated heterocycles. The predicted octanol–water partition coefficient (Wildman–Crippen LogP) is 7.86. The normalized spacial score (nSPS) is 17.7. The van der Waals surface area contributed by atoms with E-state index in [9.17, 15) is 0 Å². The van der Waals surface area contributed by atoms with E-state index in [0.717, 1.165) is 25.2 Å². The minimum absolute atomic E-state index is 0.186. The molecule has 3 atom stereocenters. The van der Waals surface area contributed by atoms with E-state index in [1.54, 1.807) is 0 Å². The Bertz CT molecular complexity index is 391. The van der Waals surface area contributed by atoms with Gasteiger partial charge in [-0.3, -0.25) is 0 Å². The molecule has 3 unspecified atom stereocenters. The summed E-state index contributed by atoms with van der Waals surface area (Å²) in [6.45, 7) is 25.4. The molecule has 0 fully saturated rings. The maximum absolute atomic E-state index is 5.66. The van der Waals surface area contributed by atoms with Gasteiger partial charge >= 0.3 is 0 Å². The molecule has 0 spiro atoms. The largest absolute Gasteiger partial charge is 0.0996 e. The number of hydrogen-bond donors (Lipinski definition) is 0. The van der Waals surface area contributed by atoms with Gasteiger partial charge in [-0.2, -0.15) is 0 Å². The SMILES string of the molecule is C=C(C)C(C)(CCC(=S)CC(C)CC)C(C)CC(C)(C)C(C)C. The van der Waals surface area contributed by atoms with Gasteiger partial charge in [-0.05, 0) is 66.1 Å². The van der Waals surface area contributed by atoms with Crippen LogP contribution in [-0.4, -0.2) is 4.86 Å². The third kappa shape index (κ3) is 7.08. The van der Waals surface area contributed by atoms with Crippen LogP contribution in [-0.2, 0) is 0 Å². The minimum Gasteiger partial charge on any atom is -0.0996 e. The van der Waals surface area contributed by atoms with E-state index < -0.39 is 0 Å². The molecule has 0 aromatic heterocycles. The molecular weight excluding hydrogens is 296 g/mol. The zero-order valence-electron chi connectivity index (χ0n) is 17.4. The van der Waals surface area contributed by atoms with Gasteiger partial charge in [-0.15, -0.1) is 0 Å². The molecule has 0 aliphatic heterocycles. The summed E-state index contributed by atoms with van der Waals surface area (Å²) in [5.74, 6) is 2.05. The van der Waals surface area contributed by atoms with Crippen LogP contribution in [0.5, 0.6) is 0 Å². The highest BCUT2D eigenvalue weighted by molar-refractivity contribution is 7.80. The molecule has 0 bridgehead atoms. The first-order chi connectivity index (χ1) is 10.4. The van der Waals surface area contributed by atoms with Gasteiger partial charge < -0.3 is 0 Å². The first kappa shape index (κ1) is 22.8. The second-order valence-corrected chi connectivity index (χ2v) is 9.78. The van der Waals surface area contributed by atoms with Crippen molar-refractivity contribution in [2.24, 2.45) is 28.6 Å². The van der Waals surface area contributed by atoms with E-state index in [1.165, 1.54) is 23.3 Å². The van der Waals surface area contributed by atoms with Crippen molar-refractivity contribution in [3.8, 4) is 0 Å². The Labute approximate surface area is 152 Å². The van der Waals surface area contributed by atoms with Gasteiger partial charge in [0.05, 0.1) is 0 Å². The van der Waals surface area contributed by atoms with Crippen LogP contribution in [0.1, 0.15) is 94.4 Å². The van der Waals surface area contributed by atoms with Crippen LogP contribution in [0.3, 0.4) is 0 Å². The Hall–Kier alpha value is -0.170. The molecule has 0 aliphatic carbocycles. The second-order valence-electron chi connectivity index (χ2n) is 9.20. The molecule has 0 heterocycles. The van der Waals surface area contributed by atoms with Crippen LogP contribution in [0.2, 0.25) is 0 Å². The average molecular weight is 339 g/mol. The lowest BCUT2D eigenvalue weighted by Gasteiger charge is -2.42. The Morgan fingerprint density at radius 2 is 1.61 bits per heavy atom. The van der Waals surface area contributed by atoms with E-state index in [0.29, 0.717) is 17.3 Å². The molecule has 0 radical (unpaired) electrons. The van der Waals surface area contributed by atoms with Gasteiger partial charge in [0.2, 0.25) is 0 Å². The Balaban J connectivity index is 4.92. The van der Waals surface area contributed by atoms with E-state index in [-0.39, 0.29) is 5.41 Å². The zero-order chi connectivity index (χ0) is 18.4. The van der Waals surface area contributed by atoms with Crippen molar-refractivity contribution in [2.75, 3.05) is 0 Å². The van der Waals surface area contributed by atoms with Crippen molar-refractivity contribution in [1.82, 2.24) is 0 Å². The maximum atomic E-state index is 5.66. The zero-order valence-corrected chi connectivity index (χ0v) is 18.2. The quantitative estimate of drug-likeness (QED) is 0.273. The fourth-order valence-corrected chi connectivity index (χ4v) is 3.55. The number of hydrogen-bond acceptors (Lipinski definition) is 1. The Morgan fingerprint density at radius 1 is 1.09 bits per heavy atom. The maximum Gasteiger partial charge on any atom is -0.00685 e. The molecule has 0 rings (SSSR count). The highest BCUT2D eigenvalue weighted by Crippen LogP contribution is 2.46. The van der Waals surface area contributed by atoms with E-state index in [1.807, 2.05) is 0 Å². The van der Waals surface area contributed by atoms with Crippen molar-refractivity contribution in [1.29, 1.82) is 0 Å². The summed E-state index contributed by atoms with van der Waals surface area (Å²) < 4.78 is 0. The summed E-state index contributed by atoms with van der Waals surface area (Å²) in [6.07, 6.45) is 5.77. The van der Waals surface area contributed by atoms with E-state index >= 15 is 0 Å². The van der Waals surface area contributed by atoms with Gasteiger partial charge in [-0.25, -0.2) is 0 Å². The van der Waals surface area contributed by atoms with Crippen molar-refractivity contribution in [3.05, 3.63) is 12.2 Å². The third-order valence-corrected chi connectivity index (χ3v) is 7.02. The molecule has 0 aromatic carbocycles. The monoisotopic (exact) mass is 338 g/mol. The summed E-state index contributed by atoms with van der Waals surface area (Å²) in [5, 5.41) is 0. The first-order valence-corrected chi connectivity index (χ1v) is 9.95. The van der Waals surface area contributed by atoms with Crippen LogP contribution < -0.4 is 0 Å². The highest BCUT2D eigenvalue weighted by atomic mass is 32.1. The average Bonchev–Trinajstić information content (AvgIpc) is 2.43. The van der Waals surface area contributed by atoms with Gasteiger partial charge in [0.1, 0.15) is 0 Å². The number of thiocarbonyl (C=S) groups is 1. The summed E-state index contributed by atoms with van der Waals surface area (Å²) in [5.41, 5.74) is 1.87. The summed E-state index contributed by atoms with van der Waals surface area (Å²) >= 11 is 5.66. The summed E-state index contributed by atoms with van der Waals surface area (Å²) in [7, 11) is 0. The molecule has 23 heavy (non-hydrogen) atoms. The van der Waals surface area contributed by atoms with Gasteiger partial charge in [-0.1, -0.05) is 86.2 Å². The van der Waals surface area contributed by atoms with Crippen molar-refractivity contribution < 1.29 is 0 Å². The molecule has 0 nitrogen and oxygen atoms in total. The van der Waals surface area contributed by atoms with Gasteiger partial charge in [0.25, 0.3) is 0 Å². The lowest BCUT2D eigenvalue weighted by Crippen LogP contribution is -2.33. The van der Waals surface area contributed by atoms with E-state index in [4.69, 9.17) is 12.2 Å². The summed E-state index contributed by atoms with van der Waals surface area (Å²) in [6, 6.07) is 0. The topological polar surface area (TPSA) is 0 Å². The molecule has 0 aromatic rings. The summed E-state index contributed by atoms with van der Waals surface area (Å²) in [4.78, 5) is 1.25. The number of rotatable bonds is 11. The van der Waals surface area contributed by atoms with Crippen molar-refractivity contribution in [2.45, 2.75) is 94.4 Å². The van der Waals surface area contributed by atoms with Gasteiger partial charge in [0, 0.05) is 0 Å². The molecule has 1 heteroatoms. The molecular formula is C22H42S. The highest BCUT2D eigenvalue weighted by Gasteiger charge is 2.36. The lowest BCUT2D eigenvalue weighted by atomic mass is 9.63. The fraction of sp³-hybridized carbons (Fsp3) is 0.864. The predicted molar refractivity (Wildman–Crippen MR) is 111 cm³/mol. The fourth-order valence-electron chi connectivity index (χ4n) is 3.16.